The molecule has 2 aromatic carbocycles. The van der Waals surface area contributed by atoms with Crippen molar-refractivity contribution in [3.63, 3.8) is 0 Å². The van der Waals surface area contributed by atoms with E-state index in [1.807, 2.05) is 60.4 Å². The van der Waals surface area contributed by atoms with Gasteiger partial charge in [-0.1, -0.05) is 36.4 Å². The largest absolute Gasteiger partial charge is 0.379 e. The number of hydrogen-bond acceptors (Lipinski definition) is 4. The number of carbonyl (C=O) groups is 2. The zero-order valence-electron chi connectivity index (χ0n) is 17.6. The minimum atomic E-state index is -0.114. The third kappa shape index (κ3) is 6.68. The van der Waals surface area contributed by atoms with E-state index in [-0.39, 0.29) is 11.8 Å². The summed E-state index contributed by atoms with van der Waals surface area (Å²) in [6.45, 7) is 6.22. The molecule has 0 radical (unpaired) electrons. The Balaban J connectivity index is 1.45. The molecule has 1 heterocycles. The first-order valence-corrected chi connectivity index (χ1v) is 10.5. The second-order valence-corrected chi connectivity index (χ2v) is 7.37. The van der Waals surface area contributed by atoms with E-state index in [4.69, 9.17) is 9.47 Å². The molecule has 6 nitrogen and oxygen atoms in total. The molecule has 1 N–H and O–H groups in total. The SMILES string of the molecule is CCOCCOCc1cccc(CNC(=O)c2ccc(CN3CCCC3=O)cc2)c1. The third-order valence-corrected chi connectivity index (χ3v) is 5.05. The number of rotatable bonds is 11. The van der Waals surface area contributed by atoms with Crippen LogP contribution in [0.2, 0.25) is 0 Å². The second kappa shape index (κ2) is 11.5. The van der Waals surface area contributed by atoms with Gasteiger partial charge in [0.15, 0.2) is 0 Å². The summed E-state index contributed by atoms with van der Waals surface area (Å²) >= 11 is 0. The van der Waals surface area contributed by atoms with E-state index in [1.54, 1.807) is 0 Å². The Bertz CT molecular complexity index is 835. The van der Waals surface area contributed by atoms with Crippen LogP contribution < -0.4 is 5.32 Å². The molecule has 2 amide bonds. The normalized spacial score (nSPS) is 13.6. The van der Waals surface area contributed by atoms with Crippen LogP contribution in [0.15, 0.2) is 48.5 Å². The first-order valence-electron chi connectivity index (χ1n) is 10.5. The van der Waals surface area contributed by atoms with E-state index < -0.39 is 0 Å². The van der Waals surface area contributed by atoms with Gasteiger partial charge in [0.2, 0.25) is 5.91 Å². The van der Waals surface area contributed by atoms with Gasteiger partial charge in [0.1, 0.15) is 0 Å². The van der Waals surface area contributed by atoms with Crippen LogP contribution in [-0.2, 0) is 34.0 Å². The number of carbonyl (C=O) groups excluding carboxylic acids is 2. The number of likely N-dealkylation sites (tertiary alicyclic amines) is 1. The summed E-state index contributed by atoms with van der Waals surface area (Å²) in [6.07, 6.45) is 1.57. The molecule has 1 aliphatic heterocycles. The van der Waals surface area contributed by atoms with Crippen molar-refractivity contribution in [2.45, 2.75) is 39.5 Å². The van der Waals surface area contributed by atoms with Crippen LogP contribution in [0.3, 0.4) is 0 Å². The standard InChI is InChI=1S/C24H30N2O4/c1-2-29-13-14-30-18-21-6-3-5-20(15-21)16-25-24(28)22-10-8-19(9-11-22)17-26-12-4-7-23(26)27/h3,5-6,8-11,15H,2,4,7,12-14,16-18H2,1H3,(H,25,28). The summed E-state index contributed by atoms with van der Waals surface area (Å²) in [5, 5.41) is 2.96. The van der Waals surface area contributed by atoms with Crippen molar-refractivity contribution in [2.24, 2.45) is 0 Å². The Morgan fingerprint density at radius 1 is 1.03 bits per heavy atom. The number of ether oxygens (including phenoxy) is 2. The minimum absolute atomic E-state index is 0.114. The Hall–Kier alpha value is -2.70. The third-order valence-electron chi connectivity index (χ3n) is 5.05. The smallest absolute Gasteiger partial charge is 0.251 e. The van der Waals surface area contributed by atoms with E-state index >= 15 is 0 Å². The molecule has 0 saturated carbocycles. The van der Waals surface area contributed by atoms with Crippen LogP contribution in [0.1, 0.15) is 46.8 Å². The highest BCUT2D eigenvalue weighted by Crippen LogP contribution is 2.15. The highest BCUT2D eigenvalue weighted by molar-refractivity contribution is 5.94. The van der Waals surface area contributed by atoms with Crippen molar-refractivity contribution in [1.82, 2.24) is 10.2 Å². The van der Waals surface area contributed by atoms with Crippen LogP contribution in [-0.4, -0.2) is 43.1 Å². The molecule has 1 fully saturated rings. The van der Waals surface area contributed by atoms with E-state index in [9.17, 15) is 9.59 Å². The molecule has 1 aliphatic rings. The molecule has 0 unspecified atom stereocenters. The maximum absolute atomic E-state index is 12.5. The van der Waals surface area contributed by atoms with Gasteiger partial charge in [0, 0.05) is 38.2 Å². The van der Waals surface area contributed by atoms with Crippen molar-refractivity contribution in [2.75, 3.05) is 26.4 Å². The maximum Gasteiger partial charge on any atom is 0.251 e. The average Bonchev–Trinajstić information content (AvgIpc) is 3.17. The molecule has 0 atom stereocenters. The molecule has 30 heavy (non-hydrogen) atoms. The summed E-state index contributed by atoms with van der Waals surface area (Å²) in [4.78, 5) is 26.1. The summed E-state index contributed by atoms with van der Waals surface area (Å²) in [5.74, 6) is 0.0934. The van der Waals surface area contributed by atoms with Crippen LogP contribution in [0.25, 0.3) is 0 Å². The highest BCUT2D eigenvalue weighted by atomic mass is 16.5. The second-order valence-electron chi connectivity index (χ2n) is 7.37. The molecule has 160 valence electrons. The fourth-order valence-corrected chi connectivity index (χ4v) is 3.42. The van der Waals surface area contributed by atoms with Gasteiger partial charge in [-0.3, -0.25) is 9.59 Å². The van der Waals surface area contributed by atoms with Gasteiger partial charge < -0.3 is 19.7 Å². The number of hydrogen-bond donors (Lipinski definition) is 1. The van der Waals surface area contributed by atoms with E-state index in [0.29, 0.717) is 51.5 Å². The molecule has 0 aliphatic carbocycles. The van der Waals surface area contributed by atoms with Crippen molar-refractivity contribution < 1.29 is 19.1 Å². The van der Waals surface area contributed by atoms with E-state index in [1.165, 1.54) is 0 Å². The number of amides is 2. The van der Waals surface area contributed by atoms with Gasteiger partial charge >= 0.3 is 0 Å². The number of benzene rings is 2. The zero-order valence-corrected chi connectivity index (χ0v) is 17.6. The Kier molecular flexibility index (Phi) is 8.41. The number of nitrogens with zero attached hydrogens (tertiary/aromatic N) is 1. The molecule has 6 heteroatoms. The fraction of sp³-hybridized carbons (Fsp3) is 0.417. The van der Waals surface area contributed by atoms with Gasteiger partial charge in [-0.05, 0) is 42.2 Å². The predicted molar refractivity (Wildman–Crippen MR) is 115 cm³/mol. The summed E-state index contributed by atoms with van der Waals surface area (Å²) in [7, 11) is 0. The quantitative estimate of drug-likeness (QED) is 0.577. The van der Waals surface area contributed by atoms with Crippen LogP contribution in [0.5, 0.6) is 0 Å². The zero-order chi connectivity index (χ0) is 21.2. The van der Waals surface area contributed by atoms with Gasteiger partial charge in [0.05, 0.1) is 19.8 Å². The molecule has 0 aromatic heterocycles. The molecule has 0 bridgehead atoms. The number of nitrogens with one attached hydrogen (secondary N) is 1. The van der Waals surface area contributed by atoms with Crippen molar-refractivity contribution in [1.29, 1.82) is 0 Å². The van der Waals surface area contributed by atoms with Crippen molar-refractivity contribution in [3.8, 4) is 0 Å². The fourth-order valence-electron chi connectivity index (χ4n) is 3.42. The first-order chi connectivity index (χ1) is 14.7. The minimum Gasteiger partial charge on any atom is -0.379 e. The van der Waals surface area contributed by atoms with E-state index in [0.717, 1.165) is 29.7 Å². The lowest BCUT2D eigenvalue weighted by atomic mass is 10.1. The summed E-state index contributed by atoms with van der Waals surface area (Å²) < 4.78 is 10.9. The lowest BCUT2D eigenvalue weighted by Gasteiger charge is -2.15. The Morgan fingerprint density at radius 3 is 2.53 bits per heavy atom. The van der Waals surface area contributed by atoms with Crippen LogP contribution in [0, 0.1) is 0 Å². The lowest BCUT2D eigenvalue weighted by molar-refractivity contribution is -0.128. The predicted octanol–water partition coefficient (Wildman–Crippen LogP) is 3.29. The van der Waals surface area contributed by atoms with Gasteiger partial charge in [-0.15, -0.1) is 0 Å². The molecule has 2 aromatic rings. The van der Waals surface area contributed by atoms with Gasteiger partial charge in [0.25, 0.3) is 5.91 Å². The molecular formula is C24H30N2O4. The Labute approximate surface area is 178 Å². The topological polar surface area (TPSA) is 67.9 Å². The summed E-state index contributed by atoms with van der Waals surface area (Å²) in [5.41, 5.74) is 3.75. The molecule has 3 rings (SSSR count). The van der Waals surface area contributed by atoms with Crippen molar-refractivity contribution in [3.05, 3.63) is 70.8 Å². The Morgan fingerprint density at radius 2 is 1.80 bits per heavy atom. The van der Waals surface area contributed by atoms with E-state index in [2.05, 4.69) is 5.32 Å². The summed E-state index contributed by atoms with van der Waals surface area (Å²) in [6, 6.07) is 15.5. The molecule has 1 saturated heterocycles. The first kappa shape index (κ1) is 22.0. The van der Waals surface area contributed by atoms with Crippen LogP contribution >= 0.6 is 0 Å². The average molecular weight is 411 g/mol. The van der Waals surface area contributed by atoms with Crippen LogP contribution in [0.4, 0.5) is 0 Å². The van der Waals surface area contributed by atoms with Crippen molar-refractivity contribution >= 4 is 11.8 Å². The van der Waals surface area contributed by atoms with Gasteiger partial charge in [-0.25, -0.2) is 0 Å². The monoisotopic (exact) mass is 410 g/mol. The van der Waals surface area contributed by atoms with Gasteiger partial charge in [-0.2, -0.15) is 0 Å². The lowest BCUT2D eigenvalue weighted by Crippen LogP contribution is -2.24. The molecular weight excluding hydrogens is 380 g/mol. The molecule has 0 spiro atoms. The highest BCUT2D eigenvalue weighted by Gasteiger charge is 2.19. The maximum atomic E-state index is 12.5.